The largest absolute Gasteiger partial charge is 0.383 e. The van der Waals surface area contributed by atoms with Gasteiger partial charge in [-0.05, 0) is 12.8 Å². The first-order chi connectivity index (χ1) is 10.2. The van der Waals surface area contributed by atoms with E-state index in [2.05, 4.69) is 10.3 Å². The van der Waals surface area contributed by atoms with Crippen LogP contribution in [0.4, 0.5) is 0 Å². The third-order valence-corrected chi connectivity index (χ3v) is 4.12. The lowest BCUT2D eigenvalue weighted by Gasteiger charge is -2.21. The Balaban J connectivity index is 1.96. The molecule has 1 heterocycles. The number of carbonyl (C=O) groups is 1. The van der Waals surface area contributed by atoms with Gasteiger partial charge in [-0.1, -0.05) is 24.5 Å². The predicted octanol–water partition coefficient (Wildman–Crippen LogP) is 2.00. The van der Waals surface area contributed by atoms with Gasteiger partial charge >= 0.3 is 0 Å². The van der Waals surface area contributed by atoms with E-state index in [1.54, 1.807) is 12.0 Å². The summed E-state index contributed by atoms with van der Waals surface area (Å²) in [6.45, 7) is 1.43. The van der Waals surface area contributed by atoms with Crippen molar-refractivity contribution in [2.24, 2.45) is 0 Å². The molecule has 6 nitrogen and oxygen atoms in total. The topological polar surface area (TPSA) is 60.2 Å². The van der Waals surface area contributed by atoms with Gasteiger partial charge in [0.1, 0.15) is 11.6 Å². The molecule has 1 aromatic heterocycles. The minimum Gasteiger partial charge on any atom is -0.383 e. The van der Waals surface area contributed by atoms with Crippen LogP contribution in [0, 0.1) is 0 Å². The zero-order valence-corrected chi connectivity index (χ0v) is 13.3. The lowest BCUT2D eigenvalue weighted by Crippen LogP contribution is -2.34. The van der Waals surface area contributed by atoms with E-state index in [1.807, 2.05) is 10.9 Å². The van der Waals surface area contributed by atoms with Crippen LogP contribution in [0.25, 0.3) is 0 Å². The Hall–Kier alpha value is -1.14. The number of nitrogens with zero attached hydrogens (tertiary/aromatic N) is 4. The number of methoxy groups -OCH3 is 1. The van der Waals surface area contributed by atoms with Gasteiger partial charge in [0.2, 0.25) is 5.91 Å². The van der Waals surface area contributed by atoms with Crippen molar-refractivity contribution in [3.8, 4) is 0 Å². The molecule has 118 valence electrons. The minimum absolute atomic E-state index is 0.0273. The third-order valence-electron chi connectivity index (χ3n) is 3.89. The van der Waals surface area contributed by atoms with Gasteiger partial charge in [0.25, 0.3) is 0 Å². The van der Waals surface area contributed by atoms with E-state index in [9.17, 15) is 4.79 Å². The summed E-state index contributed by atoms with van der Waals surface area (Å²) in [7, 11) is 1.61. The average Bonchev–Trinajstić information content (AvgIpc) is 3.00. The maximum Gasteiger partial charge on any atom is 0.237 e. The molecule has 0 saturated heterocycles. The summed E-state index contributed by atoms with van der Waals surface area (Å²) in [5, 5.41) is 8.41. The zero-order valence-electron chi connectivity index (χ0n) is 12.5. The molecule has 1 aliphatic carbocycles. The quantitative estimate of drug-likeness (QED) is 0.722. The molecule has 1 saturated carbocycles. The molecule has 1 aromatic rings. The smallest absolute Gasteiger partial charge is 0.237 e. The molecule has 0 radical (unpaired) electrons. The van der Waals surface area contributed by atoms with Crippen LogP contribution in [0.5, 0.6) is 0 Å². The van der Waals surface area contributed by atoms with E-state index < -0.39 is 0 Å². The first kappa shape index (κ1) is 16.2. The number of ether oxygens (including phenoxy) is 1. The molecule has 0 spiro atoms. The maximum atomic E-state index is 11.8. The average molecular weight is 315 g/mol. The van der Waals surface area contributed by atoms with Crippen LogP contribution in [0.15, 0.2) is 6.20 Å². The fourth-order valence-electron chi connectivity index (χ4n) is 2.68. The van der Waals surface area contributed by atoms with Gasteiger partial charge in [0.15, 0.2) is 0 Å². The van der Waals surface area contributed by atoms with Crippen LogP contribution in [0.2, 0.25) is 0 Å². The van der Waals surface area contributed by atoms with E-state index in [0.29, 0.717) is 25.7 Å². The normalized spacial score (nSPS) is 16.1. The summed E-state index contributed by atoms with van der Waals surface area (Å²) in [4.78, 5) is 13.5. The molecule has 2 rings (SSSR count). The highest BCUT2D eigenvalue weighted by molar-refractivity contribution is 6.27. The van der Waals surface area contributed by atoms with Gasteiger partial charge < -0.3 is 9.64 Å². The number of alkyl halides is 1. The van der Waals surface area contributed by atoms with E-state index in [1.165, 1.54) is 19.3 Å². The Morgan fingerprint density at radius 1 is 1.48 bits per heavy atom. The standard InChI is InChI=1S/C14H23ClN4O2/c1-21-8-7-18(14(20)9-15)10-12-11-19(17-16-12)13-5-3-2-4-6-13/h11,13H,2-10H2,1H3. The molecule has 7 heteroatoms. The summed E-state index contributed by atoms with van der Waals surface area (Å²) in [6, 6.07) is 0.455. The molecule has 0 unspecified atom stereocenters. The molecule has 0 aliphatic heterocycles. The SMILES string of the molecule is COCCN(Cc1cn(C2CCCCC2)nn1)C(=O)CCl. The Morgan fingerprint density at radius 3 is 2.90 bits per heavy atom. The van der Waals surface area contributed by atoms with Gasteiger partial charge in [0, 0.05) is 13.7 Å². The summed E-state index contributed by atoms with van der Waals surface area (Å²) in [5.41, 5.74) is 0.801. The molecule has 1 fully saturated rings. The number of carbonyl (C=O) groups excluding carboxylic acids is 1. The number of hydrogen-bond donors (Lipinski definition) is 0. The molecular weight excluding hydrogens is 292 g/mol. The number of rotatable bonds is 7. The van der Waals surface area contributed by atoms with Crippen LogP contribution in [-0.4, -0.2) is 51.9 Å². The highest BCUT2D eigenvalue weighted by Crippen LogP contribution is 2.27. The van der Waals surface area contributed by atoms with Crippen LogP contribution >= 0.6 is 11.6 Å². The van der Waals surface area contributed by atoms with Crippen LogP contribution < -0.4 is 0 Å². The Morgan fingerprint density at radius 2 is 2.24 bits per heavy atom. The van der Waals surface area contributed by atoms with Gasteiger partial charge in [0.05, 0.1) is 25.4 Å². The second-order valence-corrected chi connectivity index (χ2v) is 5.69. The number of aromatic nitrogens is 3. The summed E-state index contributed by atoms with van der Waals surface area (Å²) < 4.78 is 6.98. The van der Waals surface area contributed by atoms with Gasteiger partial charge in [-0.15, -0.1) is 16.7 Å². The maximum absolute atomic E-state index is 11.8. The molecule has 0 aromatic carbocycles. The lowest BCUT2D eigenvalue weighted by molar-refractivity contribution is -0.129. The second-order valence-electron chi connectivity index (χ2n) is 5.42. The first-order valence-corrected chi connectivity index (χ1v) is 8.01. The second kappa shape index (κ2) is 8.34. The van der Waals surface area contributed by atoms with Crippen molar-refractivity contribution in [2.45, 2.75) is 44.7 Å². The van der Waals surface area contributed by atoms with Crippen molar-refractivity contribution in [3.63, 3.8) is 0 Å². The number of hydrogen-bond acceptors (Lipinski definition) is 4. The van der Waals surface area contributed by atoms with Gasteiger partial charge in [-0.3, -0.25) is 4.79 Å². The van der Waals surface area contributed by atoms with Crippen molar-refractivity contribution < 1.29 is 9.53 Å². The Kier molecular flexibility index (Phi) is 6.45. The van der Waals surface area contributed by atoms with Crippen molar-refractivity contribution >= 4 is 17.5 Å². The van der Waals surface area contributed by atoms with Crippen LogP contribution in [-0.2, 0) is 16.1 Å². The van der Waals surface area contributed by atoms with Crippen molar-refractivity contribution in [1.82, 2.24) is 19.9 Å². The molecule has 1 amide bonds. The van der Waals surface area contributed by atoms with Crippen LogP contribution in [0.1, 0.15) is 43.8 Å². The molecule has 1 aliphatic rings. The molecule has 0 bridgehead atoms. The highest BCUT2D eigenvalue weighted by Gasteiger charge is 2.19. The predicted molar refractivity (Wildman–Crippen MR) is 80.2 cm³/mol. The number of halogens is 1. The first-order valence-electron chi connectivity index (χ1n) is 7.48. The molecule has 0 N–H and O–H groups in total. The molecule has 0 atom stereocenters. The minimum atomic E-state index is -0.110. The Bertz CT molecular complexity index is 446. The molecule has 21 heavy (non-hydrogen) atoms. The van der Waals surface area contributed by atoms with E-state index in [0.717, 1.165) is 18.5 Å². The van der Waals surface area contributed by atoms with E-state index >= 15 is 0 Å². The fourth-order valence-corrected chi connectivity index (χ4v) is 2.85. The third kappa shape index (κ3) is 4.68. The summed E-state index contributed by atoms with van der Waals surface area (Å²) in [5.74, 6) is -0.138. The van der Waals surface area contributed by atoms with Crippen LogP contribution in [0.3, 0.4) is 0 Å². The lowest BCUT2D eigenvalue weighted by atomic mass is 9.96. The van der Waals surface area contributed by atoms with Gasteiger partial charge in [-0.2, -0.15) is 0 Å². The monoisotopic (exact) mass is 314 g/mol. The van der Waals surface area contributed by atoms with Crippen molar-refractivity contribution in [3.05, 3.63) is 11.9 Å². The van der Waals surface area contributed by atoms with E-state index in [4.69, 9.17) is 16.3 Å². The van der Waals surface area contributed by atoms with Crippen molar-refractivity contribution in [1.29, 1.82) is 0 Å². The zero-order chi connectivity index (χ0) is 15.1. The summed E-state index contributed by atoms with van der Waals surface area (Å²) >= 11 is 5.65. The van der Waals surface area contributed by atoms with Crippen molar-refractivity contribution in [2.75, 3.05) is 26.1 Å². The van der Waals surface area contributed by atoms with E-state index in [-0.39, 0.29) is 11.8 Å². The fraction of sp³-hybridized carbons (Fsp3) is 0.786. The number of amides is 1. The van der Waals surface area contributed by atoms with Gasteiger partial charge in [-0.25, -0.2) is 4.68 Å². The highest BCUT2D eigenvalue weighted by atomic mass is 35.5. The molecular formula is C14H23ClN4O2. The summed E-state index contributed by atoms with van der Waals surface area (Å²) in [6.07, 6.45) is 8.10. The Labute approximate surface area is 130 Å².